The lowest BCUT2D eigenvalue weighted by atomic mass is 9.99. The molecule has 3 aromatic carbocycles. The van der Waals surface area contributed by atoms with E-state index >= 15 is 0 Å². The second kappa shape index (κ2) is 24.7. The molecule has 7 rings (SSSR count). The molecule has 5 aromatic rings. The van der Waals surface area contributed by atoms with Gasteiger partial charge in [0.25, 0.3) is 5.91 Å². The fraction of sp³-hybridized carbons (Fsp3) is 0.333. The third-order valence-electron chi connectivity index (χ3n) is 11.4. The van der Waals surface area contributed by atoms with Crippen molar-refractivity contribution in [1.82, 2.24) is 25.1 Å². The summed E-state index contributed by atoms with van der Waals surface area (Å²) in [5.74, 6) is -2.67. The molecule has 0 saturated carbocycles. The summed E-state index contributed by atoms with van der Waals surface area (Å²) in [5.41, 5.74) is 6.03. The topological polar surface area (TPSA) is 193 Å². The number of pyridine rings is 2. The number of carbonyl (C=O) groups excluding carboxylic acids is 2. The van der Waals surface area contributed by atoms with Gasteiger partial charge in [-0.15, -0.1) is 0 Å². The number of benzene rings is 3. The summed E-state index contributed by atoms with van der Waals surface area (Å²) >= 11 is 0. The predicted octanol–water partition coefficient (Wildman–Crippen LogP) is 5.68. The van der Waals surface area contributed by atoms with E-state index < -0.39 is 18.0 Å². The molecule has 0 radical (unpaired) electrons. The third-order valence-corrected chi connectivity index (χ3v) is 11.4. The molecule has 1 fully saturated rings. The van der Waals surface area contributed by atoms with Crippen LogP contribution in [0.2, 0.25) is 0 Å². The molecule has 0 spiro atoms. The Labute approximate surface area is 389 Å². The maximum atomic E-state index is 13.8. The van der Waals surface area contributed by atoms with E-state index in [1.165, 1.54) is 12.1 Å². The Hall–Kier alpha value is -6.66. The molecule has 0 aliphatic carbocycles. The van der Waals surface area contributed by atoms with Gasteiger partial charge in [0.1, 0.15) is 11.4 Å². The number of carboxylic acids is 2. The highest BCUT2D eigenvalue weighted by Gasteiger charge is 2.26. The van der Waals surface area contributed by atoms with Crippen molar-refractivity contribution >= 4 is 41.6 Å². The zero-order chi connectivity index (χ0) is 46.8. The van der Waals surface area contributed by atoms with Crippen molar-refractivity contribution < 1.29 is 48.3 Å². The summed E-state index contributed by atoms with van der Waals surface area (Å²) in [6.07, 6.45) is 4.18. The first kappa shape index (κ1) is 48.3. The average Bonchev–Trinajstić information content (AvgIpc) is 3.33. The first-order valence-corrected chi connectivity index (χ1v) is 22.4. The van der Waals surface area contributed by atoms with E-state index in [2.05, 4.69) is 31.2 Å². The van der Waals surface area contributed by atoms with Gasteiger partial charge in [-0.1, -0.05) is 78.9 Å². The third kappa shape index (κ3) is 13.9. The van der Waals surface area contributed by atoms with Crippen molar-refractivity contribution in [2.24, 2.45) is 0 Å². The molecular formula is C51H56N6O10. The van der Waals surface area contributed by atoms with Gasteiger partial charge in [0.15, 0.2) is 0 Å². The lowest BCUT2D eigenvalue weighted by Crippen LogP contribution is -2.37. The summed E-state index contributed by atoms with van der Waals surface area (Å²) in [6.45, 7) is 5.81. The number of nitrogens with zero attached hydrogens (tertiary/aromatic N) is 5. The van der Waals surface area contributed by atoms with E-state index in [0.717, 1.165) is 27.9 Å². The Balaban J connectivity index is 0.988. The molecule has 16 heteroatoms. The monoisotopic (exact) mass is 912 g/mol. The molecule has 2 amide bonds. The number of fused-ring (bicyclic) bond motifs is 2. The van der Waals surface area contributed by atoms with Gasteiger partial charge in [0.2, 0.25) is 5.91 Å². The second-order valence-electron chi connectivity index (χ2n) is 15.9. The first-order chi connectivity index (χ1) is 32.7. The number of nitrogens with one attached hydrogen (secondary N) is 1. The van der Waals surface area contributed by atoms with Crippen LogP contribution in [0.3, 0.4) is 0 Å². The maximum absolute atomic E-state index is 13.8. The molecule has 0 bridgehead atoms. The van der Waals surface area contributed by atoms with Gasteiger partial charge in [0, 0.05) is 51.3 Å². The highest BCUT2D eigenvalue weighted by atomic mass is 16.5. The zero-order valence-corrected chi connectivity index (χ0v) is 37.3. The van der Waals surface area contributed by atoms with Crippen molar-refractivity contribution in [2.45, 2.75) is 25.6 Å². The van der Waals surface area contributed by atoms with Gasteiger partial charge in [-0.3, -0.25) is 19.4 Å². The van der Waals surface area contributed by atoms with Crippen molar-refractivity contribution in [3.63, 3.8) is 0 Å². The van der Waals surface area contributed by atoms with Crippen LogP contribution in [-0.2, 0) is 36.8 Å². The summed E-state index contributed by atoms with van der Waals surface area (Å²) in [6, 6.07) is 32.2. The van der Waals surface area contributed by atoms with E-state index in [0.29, 0.717) is 109 Å². The van der Waals surface area contributed by atoms with Crippen LogP contribution in [0, 0.1) is 0 Å². The van der Waals surface area contributed by atoms with Crippen molar-refractivity contribution in [1.29, 1.82) is 0 Å². The van der Waals surface area contributed by atoms with Crippen molar-refractivity contribution in [2.75, 3.05) is 90.5 Å². The lowest BCUT2D eigenvalue weighted by Gasteiger charge is -2.32. The number of anilines is 1. The standard InChI is InChI=1S/C51H56N6O10/c58-47(57-35-41-9-2-1-7-37(41)15-16-38-8-3-4-14-46(38)57)21-22-52-49(59)40-19-17-39(18-20-40)48(43-11-6-13-45(54-43)51(62)63)56-25-29-66-33-31-64-27-23-55(24-28-65-32-34-67-30-26-56)36-42-10-5-12-44(53-42)50(60)61/h1-20,48H,21-36H2,(H,52,59)(H,60,61)(H,62,63)/b16-15-. The second-order valence-corrected chi connectivity index (χ2v) is 15.9. The fourth-order valence-electron chi connectivity index (χ4n) is 7.95. The minimum Gasteiger partial charge on any atom is -0.477 e. The molecule has 2 aliphatic heterocycles. The molecule has 16 nitrogen and oxygen atoms in total. The van der Waals surface area contributed by atoms with Crippen LogP contribution in [-0.4, -0.2) is 139 Å². The highest BCUT2D eigenvalue weighted by Crippen LogP contribution is 2.30. The summed E-state index contributed by atoms with van der Waals surface area (Å²) < 4.78 is 23.9. The molecule has 2 aromatic heterocycles. The van der Waals surface area contributed by atoms with E-state index in [1.807, 2.05) is 66.7 Å². The first-order valence-electron chi connectivity index (χ1n) is 22.4. The number of carboxylic acid groups (broad SMARTS) is 2. The van der Waals surface area contributed by atoms with Crippen LogP contribution in [0.5, 0.6) is 0 Å². The number of aromatic carboxylic acids is 2. The molecule has 1 saturated heterocycles. The van der Waals surface area contributed by atoms with E-state index in [9.17, 15) is 29.4 Å². The number of rotatable bonds is 11. The van der Waals surface area contributed by atoms with E-state index in [1.54, 1.807) is 41.3 Å². The summed E-state index contributed by atoms with van der Waals surface area (Å²) in [7, 11) is 0. The molecule has 67 heavy (non-hydrogen) atoms. The highest BCUT2D eigenvalue weighted by molar-refractivity contribution is 5.98. The lowest BCUT2D eigenvalue weighted by molar-refractivity contribution is -0.118. The molecule has 350 valence electrons. The van der Waals surface area contributed by atoms with Crippen LogP contribution in [0.1, 0.15) is 77.4 Å². The largest absolute Gasteiger partial charge is 0.477 e. The number of amides is 2. The summed E-state index contributed by atoms with van der Waals surface area (Å²) in [4.78, 5) is 65.6. The van der Waals surface area contributed by atoms with Crippen LogP contribution in [0.4, 0.5) is 5.69 Å². The van der Waals surface area contributed by atoms with Crippen LogP contribution in [0.25, 0.3) is 12.2 Å². The van der Waals surface area contributed by atoms with Gasteiger partial charge in [-0.2, -0.15) is 0 Å². The van der Waals surface area contributed by atoms with Crippen LogP contribution in [0.15, 0.2) is 109 Å². The van der Waals surface area contributed by atoms with Crippen LogP contribution >= 0.6 is 0 Å². The quantitative estimate of drug-likeness (QED) is 0.147. The minimum atomic E-state index is -1.15. The van der Waals surface area contributed by atoms with E-state index in [4.69, 9.17) is 18.9 Å². The molecular weight excluding hydrogens is 857 g/mol. The SMILES string of the molecule is O=C(NCCC(=O)N1Cc2ccccc2/C=C\c2ccccc21)c1ccc(C(c2cccc(C(=O)O)n2)N2CCOCCOCCN(Cc3cccc(C(=O)O)n3)CCOCCOCC2)cc1. The molecule has 1 unspecified atom stereocenters. The molecule has 1 atom stereocenters. The summed E-state index contributed by atoms with van der Waals surface area (Å²) in [5, 5.41) is 22.2. The van der Waals surface area contributed by atoms with Crippen molar-refractivity contribution in [3.05, 3.63) is 160 Å². The number of aromatic nitrogens is 2. The Kier molecular flexibility index (Phi) is 17.8. The normalized spacial score (nSPS) is 17.0. The Morgan fingerprint density at radius 3 is 1.87 bits per heavy atom. The van der Waals surface area contributed by atoms with Gasteiger partial charge < -0.3 is 39.4 Å². The Bertz CT molecular complexity index is 2460. The van der Waals surface area contributed by atoms with Gasteiger partial charge >= 0.3 is 11.9 Å². The number of ether oxygens (including phenoxy) is 4. The van der Waals surface area contributed by atoms with E-state index in [-0.39, 0.29) is 36.2 Å². The maximum Gasteiger partial charge on any atom is 0.354 e. The number of hydrogen-bond donors (Lipinski definition) is 3. The Morgan fingerprint density at radius 1 is 0.612 bits per heavy atom. The molecule has 3 N–H and O–H groups in total. The van der Waals surface area contributed by atoms with Crippen LogP contribution < -0.4 is 10.2 Å². The predicted molar refractivity (Wildman–Crippen MR) is 251 cm³/mol. The molecule has 4 heterocycles. The number of para-hydroxylation sites is 1. The Morgan fingerprint density at radius 2 is 1.19 bits per heavy atom. The van der Waals surface area contributed by atoms with Gasteiger partial charge in [0.05, 0.1) is 82.5 Å². The minimum absolute atomic E-state index is 0.00739. The number of carbonyl (C=O) groups is 4. The number of hydrogen-bond acceptors (Lipinski definition) is 12. The molecule has 2 aliphatic rings. The van der Waals surface area contributed by atoms with Gasteiger partial charge in [-0.25, -0.2) is 19.6 Å². The van der Waals surface area contributed by atoms with Gasteiger partial charge in [-0.05, 0) is 64.7 Å². The zero-order valence-electron chi connectivity index (χ0n) is 37.3. The fourth-order valence-corrected chi connectivity index (χ4v) is 7.95. The smallest absolute Gasteiger partial charge is 0.354 e. The van der Waals surface area contributed by atoms with Crippen molar-refractivity contribution in [3.8, 4) is 0 Å². The average molecular weight is 913 g/mol.